The van der Waals surface area contributed by atoms with Crippen LogP contribution in [0.25, 0.3) is 0 Å². The Balaban J connectivity index is 3.33. The molecule has 0 saturated heterocycles. The molecule has 0 aliphatic carbocycles. The van der Waals surface area contributed by atoms with E-state index in [1.54, 1.807) is 0 Å². The molecule has 11 heavy (non-hydrogen) atoms. The Kier molecular flexibility index (Phi) is 8.45. The summed E-state index contributed by atoms with van der Waals surface area (Å²) in [7, 11) is 0. The summed E-state index contributed by atoms with van der Waals surface area (Å²) in [5, 5.41) is 3.74. The maximum absolute atomic E-state index is 10.6. The maximum Gasteiger partial charge on any atom is 0.360 e. The number of hydrogen-bond donors (Lipinski definition) is 0. The Morgan fingerprint density at radius 3 is 1.82 bits per heavy atom. The summed E-state index contributed by atoms with van der Waals surface area (Å²) in [5.41, 5.74) is 0. The fraction of sp³-hybridized carbons (Fsp3) is 0.889. The number of carbonyl (C=O) groups is 1. The number of unbranched alkanes of at least 4 members (excludes halogenated alkanes) is 2. The molecular weight excluding hydrogens is 151 g/mol. The first-order chi connectivity index (χ1) is 5.35. The summed E-state index contributed by atoms with van der Waals surface area (Å²) in [5.74, 6) is 0. The van der Waals surface area contributed by atoms with Crippen LogP contribution >= 0.6 is 0 Å². The van der Waals surface area contributed by atoms with Crippen LogP contribution in [0, 0.1) is 0 Å². The van der Waals surface area contributed by atoms with Gasteiger partial charge in [-0.25, -0.2) is 0 Å². The van der Waals surface area contributed by atoms with Crippen LogP contribution in [0.5, 0.6) is 0 Å². The molecule has 0 fully saturated rings. The fourth-order valence-corrected chi connectivity index (χ4v) is 3.64. The number of rotatable bonds is 7. The van der Waals surface area contributed by atoms with E-state index in [1.807, 2.05) is 0 Å². The van der Waals surface area contributed by atoms with Crippen LogP contribution in [-0.4, -0.2) is 19.3 Å². The zero-order valence-electron chi connectivity index (χ0n) is 7.81. The predicted molar refractivity (Wildman–Crippen MR) is 51.9 cm³/mol. The topological polar surface area (TPSA) is 17.1 Å². The summed E-state index contributed by atoms with van der Waals surface area (Å²) in [6, 6.07) is 0. The van der Waals surface area contributed by atoms with Crippen molar-refractivity contribution in [2.24, 2.45) is 0 Å². The second-order valence-corrected chi connectivity index (χ2v) is 6.13. The first-order valence-electron chi connectivity index (χ1n) is 4.80. The van der Waals surface area contributed by atoms with E-state index in [4.69, 9.17) is 0 Å². The van der Waals surface area contributed by atoms with Gasteiger partial charge in [0.2, 0.25) is 0 Å². The third-order valence-electron chi connectivity index (χ3n) is 2.05. The molecule has 0 bridgehead atoms. The smallest absolute Gasteiger partial charge is 0.324 e. The summed E-state index contributed by atoms with van der Waals surface area (Å²) in [6.45, 7) is 4.38. The van der Waals surface area contributed by atoms with E-state index in [1.165, 1.54) is 41.4 Å². The Morgan fingerprint density at radius 1 is 1.09 bits per heavy atom. The van der Waals surface area contributed by atoms with Gasteiger partial charge in [0.15, 0.2) is 0 Å². The van der Waals surface area contributed by atoms with Crippen LogP contribution in [0.3, 0.4) is 0 Å². The molecule has 0 rings (SSSR count). The van der Waals surface area contributed by atoms with Crippen LogP contribution in [0.15, 0.2) is 0 Å². The van der Waals surface area contributed by atoms with Crippen molar-refractivity contribution in [3.8, 4) is 0 Å². The van der Waals surface area contributed by atoms with Crippen LogP contribution in [0.2, 0.25) is 10.6 Å². The third-order valence-corrected chi connectivity index (χ3v) is 4.73. The van der Waals surface area contributed by atoms with Crippen LogP contribution in [-0.2, 0) is 4.79 Å². The van der Waals surface area contributed by atoms with Crippen molar-refractivity contribution in [2.75, 3.05) is 0 Å². The molecule has 2 heteroatoms. The molecule has 64 valence electrons. The monoisotopic (exact) mass is 170 g/mol. The van der Waals surface area contributed by atoms with E-state index in [-0.39, 0.29) is 0 Å². The van der Waals surface area contributed by atoms with Gasteiger partial charge in [0.1, 0.15) is 0 Å². The van der Waals surface area contributed by atoms with Gasteiger partial charge >= 0.3 is 14.1 Å². The van der Waals surface area contributed by atoms with E-state index < -0.39 is 14.1 Å². The van der Waals surface area contributed by atoms with Crippen molar-refractivity contribution in [3.63, 3.8) is 0 Å². The maximum atomic E-state index is 10.6. The quantitative estimate of drug-likeness (QED) is 0.424. The molecule has 0 aromatic rings. The highest BCUT2D eigenvalue weighted by Gasteiger charge is 2.14. The zero-order valence-corrected chi connectivity index (χ0v) is 8.96. The van der Waals surface area contributed by atoms with Gasteiger partial charge in [-0.3, -0.25) is 0 Å². The van der Waals surface area contributed by atoms with Crippen molar-refractivity contribution in [1.29, 1.82) is 0 Å². The molecule has 0 radical (unpaired) electrons. The number of hydrogen-bond acceptors (Lipinski definition) is 1. The van der Waals surface area contributed by atoms with Crippen molar-refractivity contribution >= 4 is 19.3 Å². The lowest BCUT2D eigenvalue weighted by atomic mass is 10.4. The van der Waals surface area contributed by atoms with Crippen molar-refractivity contribution in [2.45, 2.75) is 50.1 Å². The Bertz CT molecular complexity index is 85.6. The van der Waals surface area contributed by atoms with E-state index in [0.717, 1.165) is 0 Å². The highest BCUT2D eigenvalue weighted by atomic mass is 27.2. The Hall–Kier alpha value is 0.202. The van der Waals surface area contributed by atoms with Gasteiger partial charge in [-0.2, -0.15) is 0 Å². The zero-order chi connectivity index (χ0) is 8.53. The molecule has 0 spiro atoms. The van der Waals surface area contributed by atoms with E-state index >= 15 is 0 Å². The SMILES string of the molecule is CCC[CH2][Al]([CH]=O)[CH2]CCC. The summed E-state index contributed by atoms with van der Waals surface area (Å²) < 4.78 is 0. The highest BCUT2D eigenvalue weighted by Crippen LogP contribution is 2.07. The Morgan fingerprint density at radius 2 is 1.55 bits per heavy atom. The molecule has 0 atom stereocenters. The van der Waals surface area contributed by atoms with Crippen LogP contribution in [0.1, 0.15) is 39.5 Å². The average Bonchev–Trinajstić information content (AvgIpc) is 2.05. The minimum atomic E-state index is -0.929. The molecule has 0 aliphatic rings. The van der Waals surface area contributed by atoms with Gasteiger partial charge < -0.3 is 4.79 Å². The van der Waals surface area contributed by atoms with Gasteiger partial charge in [-0.15, -0.1) is 0 Å². The molecule has 1 nitrogen and oxygen atoms in total. The minimum Gasteiger partial charge on any atom is -0.324 e. The molecule has 0 saturated carbocycles. The summed E-state index contributed by atoms with van der Waals surface area (Å²) in [6.07, 6.45) is 5.01. The standard InChI is InChI=1S/2C4H9.CHO.Al/c2*1-3-4-2;1-2;/h2*1,3-4H2,2H3;1H;. The Labute approximate surface area is 74.6 Å². The van der Waals surface area contributed by atoms with Crippen molar-refractivity contribution in [1.82, 2.24) is 0 Å². The minimum absolute atomic E-state index is 0.929. The third kappa shape index (κ3) is 6.59. The van der Waals surface area contributed by atoms with Crippen LogP contribution < -0.4 is 0 Å². The molecular formula is C9H19AlO. The van der Waals surface area contributed by atoms with Crippen LogP contribution in [0.4, 0.5) is 0 Å². The van der Waals surface area contributed by atoms with E-state index in [9.17, 15) is 4.79 Å². The lowest BCUT2D eigenvalue weighted by molar-refractivity contribution is 0.567. The molecule has 0 aromatic carbocycles. The normalized spacial score (nSPS) is 9.64. The molecule has 0 unspecified atom stereocenters. The predicted octanol–water partition coefficient (Wildman–Crippen LogP) is 2.85. The molecule has 0 N–H and O–H groups in total. The van der Waals surface area contributed by atoms with E-state index in [0.29, 0.717) is 0 Å². The lowest BCUT2D eigenvalue weighted by Gasteiger charge is -2.01. The second kappa shape index (κ2) is 8.30. The molecule has 0 heterocycles. The van der Waals surface area contributed by atoms with Crippen molar-refractivity contribution in [3.05, 3.63) is 0 Å². The molecule has 0 aromatic heterocycles. The molecule has 0 amide bonds. The van der Waals surface area contributed by atoms with E-state index in [2.05, 4.69) is 13.8 Å². The van der Waals surface area contributed by atoms with Crippen molar-refractivity contribution < 1.29 is 4.79 Å². The van der Waals surface area contributed by atoms with Gasteiger partial charge in [-0.05, 0) is 0 Å². The van der Waals surface area contributed by atoms with Gasteiger partial charge in [0.05, 0.1) is 0 Å². The van der Waals surface area contributed by atoms with Gasteiger partial charge in [0, 0.05) is 5.15 Å². The van der Waals surface area contributed by atoms with Gasteiger partial charge in [0.25, 0.3) is 0 Å². The largest absolute Gasteiger partial charge is 0.360 e. The fourth-order valence-electron chi connectivity index (χ4n) is 1.21. The highest BCUT2D eigenvalue weighted by molar-refractivity contribution is 6.84. The first-order valence-corrected chi connectivity index (χ1v) is 7.10. The second-order valence-electron chi connectivity index (χ2n) is 3.18. The lowest BCUT2D eigenvalue weighted by Crippen LogP contribution is -2.13. The average molecular weight is 170 g/mol. The molecule has 0 aliphatic heterocycles. The first kappa shape index (κ1) is 11.2. The number of carbonyl (C=O) groups excluding carboxylic acids is 1. The summed E-state index contributed by atoms with van der Waals surface area (Å²) in [4.78, 5) is 10.6. The summed E-state index contributed by atoms with van der Waals surface area (Å²) >= 11 is -0.929. The van der Waals surface area contributed by atoms with Gasteiger partial charge in [-0.1, -0.05) is 50.1 Å².